The van der Waals surface area contributed by atoms with Crippen LogP contribution in [0.5, 0.6) is 11.5 Å². The number of carbonyl (C=O) groups is 2. The average molecular weight is 655 g/mol. The summed E-state index contributed by atoms with van der Waals surface area (Å²) < 4.78 is 66.0. The van der Waals surface area contributed by atoms with Gasteiger partial charge in [-0.2, -0.15) is 13.2 Å². The minimum Gasteiger partial charge on any atom is -0.494 e. The van der Waals surface area contributed by atoms with Crippen molar-refractivity contribution in [3.05, 3.63) is 94.4 Å². The van der Waals surface area contributed by atoms with Crippen molar-refractivity contribution >= 4 is 18.2 Å². The van der Waals surface area contributed by atoms with Crippen LogP contribution < -0.4 is 14.4 Å². The van der Waals surface area contributed by atoms with Crippen LogP contribution in [0.2, 0.25) is 0 Å². The van der Waals surface area contributed by atoms with Gasteiger partial charge in [-0.15, -0.1) is 0 Å². The van der Waals surface area contributed by atoms with Crippen LogP contribution in [0.3, 0.4) is 0 Å². The van der Waals surface area contributed by atoms with Crippen LogP contribution in [0.1, 0.15) is 70.9 Å². The number of nitrogens with zero attached hydrogens (tertiary/aromatic N) is 4. The highest BCUT2D eigenvalue weighted by Gasteiger charge is 2.31. The number of alkyl halides is 4. The predicted molar refractivity (Wildman–Crippen MR) is 166 cm³/mol. The van der Waals surface area contributed by atoms with E-state index in [0.717, 1.165) is 17.8 Å². The Balaban J connectivity index is 1.79. The second-order valence-electron chi connectivity index (χ2n) is 11.1. The summed E-state index contributed by atoms with van der Waals surface area (Å²) in [6.45, 7) is 2.86. The molecule has 0 aliphatic heterocycles. The number of methoxy groups -OCH3 is 1. The van der Waals surface area contributed by atoms with Gasteiger partial charge in [0.2, 0.25) is 5.95 Å². The molecule has 2 heterocycles. The average Bonchev–Trinajstić information content (AvgIpc) is 3.05. The van der Waals surface area contributed by atoms with E-state index in [2.05, 4.69) is 9.97 Å². The standard InChI is InChI=1S/C34H34F4N4O5/c1-21(2)29-8-9-30(46-3)32(41-29)28-7-6-22(20-43)12-25(28)19-42(18-24-11-23(15-35)13-26(14-24)34(36,37)38)33-39-16-27(17-40-33)47-10-4-5-31(44)45/h6-9,11-14,16-17,20-21H,4-5,10,15,18-19H2,1-3H3,(H,44,45). The van der Waals surface area contributed by atoms with Gasteiger partial charge in [0, 0.05) is 36.3 Å². The maximum absolute atomic E-state index is 13.7. The van der Waals surface area contributed by atoms with Crippen LogP contribution in [-0.4, -0.2) is 46.0 Å². The van der Waals surface area contributed by atoms with E-state index >= 15 is 0 Å². The molecule has 0 aliphatic rings. The van der Waals surface area contributed by atoms with Gasteiger partial charge in [-0.05, 0) is 59.4 Å². The van der Waals surface area contributed by atoms with Gasteiger partial charge in [0.15, 0.2) is 5.75 Å². The summed E-state index contributed by atoms with van der Waals surface area (Å²) in [7, 11) is 1.51. The smallest absolute Gasteiger partial charge is 0.416 e. The predicted octanol–water partition coefficient (Wildman–Crippen LogP) is 7.42. The fourth-order valence-electron chi connectivity index (χ4n) is 4.87. The molecule has 4 aromatic rings. The van der Waals surface area contributed by atoms with E-state index in [-0.39, 0.29) is 61.3 Å². The molecule has 13 heteroatoms. The molecule has 2 aromatic heterocycles. The highest BCUT2D eigenvalue weighted by Crippen LogP contribution is 2.35. The van der Waals surface area contributed by atoms with Crippen molar-refractivity contribution in [2.24, 2.45) is 0 Å². The largest absolute Gasteiger partial charge is 0.494 e. The topological polar surface area (TPSA) is 115 Å². The molecule has 0 fully saturated rings. The molecule has 2 aromatic carbocycles. The lowest BCUT2D eigenvalue weighted by atomic mass is 9.98. The minimum atomic E-state index is -4.70. The van der Waals surface area contributed by atoms with Gasteiger partial charge < -0.3 is 19.5 Å². The first-order valence-electron chi connectivity index (χ1n) is 14.7. The third-order valence-electron chi connectivity index (χ3n) is 7.18. The molecule has 0 spiro atoms. The Kier molecular flexibility index (Phi) is 11.5. The molecule has 4 rings (SSSR count). The highest BCUT2D eigenvalue weighted by atomic mass is 19.4. The van der Waals surface area contributed by atoms with Crippen LogP contribution in [0.25, 0.3) is 11.3 Å². The number of halogens is 4. The number of anilines is 1. The zero-order valence-corrected chi connectivity index (χ0v) is 26.1. The first-order valence-corrected chi connectivity index (χ1v) is 14.7. The zero-order valence-electron chi connectivity index (χ0n) is 26.1. The van der Waals surface area contributed by atoms with Crippen LogP contribution in [0, 0.1) is 0 Å². The summed E-state index contributed by atoms with van der Waals surface area (Å²) in [6, 6.07) is 11.7. The molecule has 0 bridgehead atoms. The van der Waals surface area contributed by atoms with Crippen molar-refractivity contribution in [3.63, 3.8) is 0 Å². The summed E-state index contributed by atoms with van der Waals surface area (Å²) in [4.78, 5) is 37.8. The van der Waals surface area contributed by atoms with Gasteiger partial charge >= 0.3 is 12.1 Å². The number of rotatable bonds is 15. The molecule has 0 atom stereocenters. The van der Waals surface area contributed by atoms with E-state index in [0.29, 0.717) is 34.4 Å². The second kappa shape index (κ2) is 15.5. The molecule has 0 aliphatic carbocycles. The van der Waals surface area contributed by atoms with E-state index in [1.807, 2.05) is 19.9 Å². The molecule has 0 amide bonds. The van der Waals surface area contributed by atoms with E-state index in [1.165, 1.54) is 25.6 Å². The van der Waals surface area contributed by atoms with Gasteiger partial charge in [-0.1, -0.05) is 32.0 Å². The number of pyridine rings is 1. The molecule has 248 valence electrons. The Labute approximate surface area is 269 Å². The number of carboxylic acids is 1. The van der Waals surface area contributed by atoms with Crippen LogP contribution >= 0.6 is 0 Å². The lowest BCUT2D eigenvalue weighted by molar-refractivity contribution is -0.138. The summed E-state index contributed by atoms with van der Waals surface area (Å²) in [5.74, 6) is -0.00521. The fraction of sp³-hybridized carbons (Fsp3) is 0.324. The third-order valence-corrected chi connectivity index (χ3v) is 7.18. The summed E-state index contributed by atoms with van der Waals surface area (Å²) in [5, 5.41) is 8.84. The van der Waals surface area contributed by atoms with Gasteiger partial charge in [0.25, 0.3) is 0 Å². The molecule has 9 nitrogen and oxygen atoms in total. The van der Waals surface area contributed by atoms with E-state index in [9.17, 15) is 27.2 Å². The molecule has 1 N–H and O–H groups in total. The highest BCUT2D eigenvalue weighted by molar-refractivity contribution is 5.79. The van der Waals surface area contributed by atoms with Gasteiger partial charge in [0.1, 0.15) is 24.4 Å². The van der Waals surface area contributed by atoms with E-state index < -0.39 is 24.4 Å². The molecule has 47 heavy (non-hydrogen) atoms. The number of aliphatic carboxylic acids is 1. The Morgan fingerprint density at radius 2 is 1.74 bits per heavy atom. The van der Waals surface area contributed by atoms with Crippen LogP contribution in [0.15, 0.2) is 60.9 Å². The number of carboxylic acid groups (broad SMARTS) is 1. The first kappa shape index (κ1) is 34.8. The molecular formula is C34H34F4N4O5. The number of hydrogen-bond donors (Lipinski definition) is 1. The van der Waals surface area contributed by atoms with Crippen molar-refractivity contribution in [2.75, 3.05) is 18.6 Å². The molecule has 0 unspecified atom stereocenters. The number of ether oxygens (including phenoxy) is 2. The lowest BCUT2D eigenvalue weighted by Gasteiger charge is -2.25. The lowest BCUT2D eigenvalue weighted by Crippen LogP contribution is -2.25. The number of aromatic nitrogens is 3. The number of benzene rings is 2. The van der Waals surface area contributed by atoms with Gasteiger partial charge in [0.05, 0.1) is 31.7 Å². The normalized spacial score (nSPS) is 11.4. The second-order valence-corrected chi connectivity index (χ2v) is 11.1. The summed E-state index contributed by atoms with van der Waals surface area (Å²) in [6.07, 6.45) is -1.09. The molecule has 0 saturated carbocycles. The SMILES string of the molecule is COc1ccc(C(C)C)nc1-c1ccc(C=O)cc1CN(Cc1cc(CF)cc(C(F)(F)F)c1)c1ncc(OCCCC(=O)O)cn1. The Morgan fingerprint density at radius 1 is 1.02 bits per heavy atom. The number of aldehydes is 1. The maximum Gasteiger partial charge on any atom is 0.416 e. The monoisotopic (exact) mass is 654 g/mol. The van der Waals surface area contributed by atoms with Gasteiger partial charge in [-0.25, -0.2) is 19.3 Å². The van der Waals surface area contributed by atoms with E-state index in [4.69, 9.17) is 19.6 Å². The Hall–Kier alpha value is -5.07. The molecule has 0 radical (unpaired) electrons. The summed E-state index contributed by atoms with van der Waals surface area (Å²) >= 11 is 0. The van der Waals surface area contributed by atoms with Crippen molar-refractivity contribution in [3.8, 4) is 22.8 Å². The van der Waals surface area contributed by atoms with Crippen molar-refractivity contribution in [2.45, 2.75) is 58.5 Å². The van der Waals surface area contributed by atoms with Crippen LogP contribution in [0.4, 0.5) is 23.5 Å². The maximum atomic E-state index is 13.7. The van der Waals surface area contributed by atoms with Crippen LogP contribution in [-0.2, 0) is 30.7 Å². The first-order chi connectivity index (χ1) is 22.4. The number of hydrogen-bond acceptors (Lipinski definition) is 8. The number of carbonyl (C=O) groups excluding carboxylic acids is 1. The quantitative estimate of drug-likeness (QED) is 0.0794. The van der Waals surface area contributed by atoms with Crippen molar-refractivity contribution < 1.29 is 41.7 Å². The zero-order chi connectivity index (χ0) is 34.1. The third kappa shape index (κ3) is 9.24. The summed E-state index contributed by atoms with van der Waals surface area (Å²) in [5.41, 5.74) is 1.90. The van der Waals surface area contributed by atoms with Crippen molar-refractivity contribution in [1.29, 1.82) is 0 Å². The molecule has 0 saturated heterocycles. The Morgan fingerprint density at radius 3 is 2.36 bits per heavy atom. The fourth-order valence-corrected chi connectivity index (χ4v) is 4.87. The molecular weight excluding hydrogens is 620 g/mol. The minimum absolute atomic E-state index is 0.00771. The van der Waals surface area contributed by atoms with Crippen molar-refractivity contribution in [1.82, 2.24) is 15.0 Å². The Bertz CT molecular complexity index is 1700. The van der Waals surface area contributed by atoms with E-state index in [1.54, 1.807) is 29.2 Å². The van der Waals surface area contributed by atoms with Gasteiger partial charge in [-0.3, -0.25) is 9.59 Å².